The van der Waals surface area contributed by atoms with Crippen LogP contribution in [0.1, 0.15) is 0 Å². The topological polar surface area (TPSA) is 35.5 Å². The second kappa shape index (κ2) is 4.94. The molecule has 1 atom stereocenters. The maximum absolute atomic E-state index is 10.7. The lowest BCUT2D eigenvalue weighted by Gasteiger charge is -2.08. The van der Waals surface area contributed by atoms with E-state index in [4.69, 9.17) is 28.2 Å². The first-order valence-electron chi connectivity index (χ1n) is 3.42. The lowest BCUT2D eigenvalue weighted by atomic mass is 10.3. The molecular formula is C8H6Cl2O3. The van der Waals surface area contributed by atoms with Crippen LogP contribution in [0, 0.1) is 0 Å². The fourth-order valence-electron chi connectivity index (χ4n) is 0.702. The highest BCUT2D eigenvalue weighted by Crippen LogP contribution is 2.13. The normalized spacial score (nSPS) is 11.8. The van der Waals surface area contributed by atoms with Crippen LogP contribution in [-0.2, 0) is 9.08 Å². The molecule has 3 nitrogen and oxygen atoms in total. The molecule has 1 unspecified atom stereocenters. The quantitative estimate of drug-likeness (QED) is 0.734. The predicted octanol–water partition coefficient (Wildman–Crippen LogP) is 2.33. The monoisotopic (exact) mass is 220 g/mol. The van der Waals surface area contributed by atoms with Crippen molar-refractivity contribution >= 4 is 29.4 Å². The zero-order valence-electron chi connectivity index (χ0n) is 6.44. The zero-order chi connectivity index (χ0) is 9.68. The SMILES string of the molecule is O=C(OCl)C(Cl)Oc1ccccc1. The van der Waals surface area contributed by atoms with Crippen molar-refractivity contribution in [3.63, 3.8) is 0 Å². The molecule has 0 aromatic heterocycles. The molecule has 13 heavy (non-hydrogen) atoms. The van der Waals surface area contributed by atoms with E-state index in [1.54, 1.807) is 24.3 Å². The molecule has 0 radical (unpaired) electrons. The van der Waals surface area contributed by atoms with E-state index in [1.165, 1.54) is 0 Å². The molecule has 0 amide bonds. The second-order valence-corrected chi connectivity index (χ2v) is 2.69. The van der Waals surface area contributed by atoms with Crippen molar-refractivity contribution in [1.82, 2.24) is 0 Å². The van der Waals surface area contributed by atoms with Crippen molar-refractivity contribution in [3.8, 4) is 5.75 Å². The first-order valence-corrected chi connectivity index (χ1v) is 4.16. The molecule has 0 saturated heterocycles. The van der Waals surface area contributed by atoms with Crippen LogP contribution in [0.3, 0.4) is 0 Å². The molecule has 0 N–H and O–H groups in total. The Balaban J connectivity index is 2.55. The fourth-order valence-corrected chi connectivity index (χ4v) is 0.976. The lowest BCUT2D eigenvalue weighted by molar-refractivity contribution is -0.138. The number of carbonyl (C=O) groups is 1. The summed E-state index contributed by atoms with van der Waals surface area (Å²) in [7, 11) is 0. The van der Waals surface area contributed by atoms with Crippen LogP contribution in [0.5, 0.6) is 5.75 Å². The first-order chi connectivity index (χ1) is 6.24. The Bertz CT molecular complexity index is 276. The molecule has 0 fully saturated rings. The minimum atomic E-state index is -1.22. The number of para-hydroxylation sites is 1. The van der Waals surface area contributed by atoms with E-state index in [0.29, 0.717) is 5.75 Å². The molecule has 1 rings (SSSR count). The molecule has 5 heteroatoms. The average Bonchev–Trinajstić information content (AvgIpc) is 2.18. The zero-order valence-corrected chi connectivity index (χ0v) is 7.96. The maximum Gasteiger partial charge on any atom is 0.381 e. The molecule has 0 aliphatic rings. The minimum absolute atomic E-state index is 0.476. The van der Waals surface area contributed by atoms with Crippen molar-refractivity contribution in [2.75, 3.05) is 0 Å². The standard InChI is InChI=1S/C8H6Cl2O3/c9-7(8(11)13-10)12-6-4-2-1-3-5-6/h1-5,7H. The summed E-state index contributed by atoms with van der Waals surface area (Å²) in [4.78, 5) is 10.7. The van der Waals surface area contributed by atoms with Crippen molar-refractivity contribution < 1.29 is 13.8 Å². The van der Waals surface area contributed by atoms with Gasteiger partial charge in [-0.1, -0.05) is 29.8 Å². The van der Waals surface area contributed by atoms with Gasteiger partial charge < -0.3 is 9.03 Å². The number of benzene rings is 1. The van der Waals surface area contributed by atoms with E-state index in [9.17, 15) is 4.79 Å². The average molecular weight is 221 g/mol. The lowest BCUT2D eigenvalue weighted by Crippen LogP contribution is -2.20. The molecule has 0 bridgehead atoms. The molecule has 0 heterocycles. The van der Waals surface area contributed by atoms with Gasteiger partial charge in [0.1, 0.15) is 17.6 Å². The third kappa shape index (κ3) is 3.13. The third-order valence-corrected chi connectivity index (χ3v) is 1.66. The smallest absolute Gasteiger partial charge is 0.381 e. The van der Waals surface area contributed by atoms with Crippen LogP contribution in [0.15, 0.2) is 30.3 Å². The molecule has 1 aromatic rings. The number of halogens is 2. The Morgan fingerprint density at radius 2 is 1.92 bits per heavy atom. The van der Waals surface area contributed by atoms with E-state index in [-0.39, 0.29) is 0 Å². The summed E-state index contributed by atoms with van der Waals surface area (Å²) in [6.45, 7) is 0. The second-order valence-electron chi connectivity index (χ2n) is 2.14. The highest BCUT2D eigenvalue weighted by molar-refractivity contribution is 6.31. The highest BCUT2D eigenvalue weighted by Gasteiger charge is 2.18. The van der Waals surface area contributed by atoms with E-state index in [0.717, 1.165) is 0 Å². The van der Waals surface area contributed by atoms with E-state index < -0.39 is 11.5 Å². The summed E-state index contributed by atoms with van der Waals surface area (Å²) < 4.78 is 8.83. The van der Waals surface area contributed by atoms with Crippen LogP contribution in [0.25, 0.3) is 0 Å². The van der Waals surface area contributed by atoms with E-state index >= 15 is 0 Å². The number of ether oxygens (including phenoxy) is 1. The van der Waals surface area contributed by atoms with Crippen molar-refractivity contribution in [2.24, 2.45) is 0 Å². The summed E-state index contributed by atoms with van der Waals surface area (Å²) in [5, 5.41) is 0. The van der Waals surface area contributed by atoms with Gasteiger partial charge in [0.05, 0.1) is 0 Å². The van der Waals surface area contributed by atoms with Gasteiger partial charge in [-0.05, 0) is 12.1 Å². The van der Waals surface area contributed by atoms with Gasteiger partial charge in [-0.25, -0.2) is 4.79 Å². The summed E-state index contributed by atoms with van der Waals surface area (Å²) in [6, 6.07) is 8.65. The molecular weight excluding hydrogens is 215 g/mol. The van der Waals surface area contributed by atoms with Crippen molar-refractivity contribution in [3.05, 3.63) is 30.3 Å². The van der Waals surface area contributed by atoms with E-state index in [1.807, 2.05) is 6.07 Å². The van der Waals surface area contributed by atoms with E-state index in [2.05, 4.69) is 4.29 Å². The summed E-state index contributed by atoms with van der Waals surface area (Å²) >= 11 is 10.3. The van der Waals surface area contributed by atoms with Gasteiger partial charge in [-0.2, -0.15) is 0 Å². The van der Waals surface area contributed by atoms with Crippen LogP contribution in [-0.4, -0.2) is 11.5 Å². The number of hydrogen-bond donors (Lipinski definition) is 0. The Kier molecular flexibility index (Phi) is 3.86. The molecule has 0 aliphatic heterocycles. The van der Waals surface area contributed by atoms with Crippen LogP contribution >= 0.6 is 23.5 Å². The van der Waals surface area contributed by atoms with Crippen LogP contribution in [0.4, 0.5) is 0 Å². The third-order valence-electron chi connectivity index (χ3n) is 1.24. The summed E-state index contributed by atoms with van der Waals surface area (Å²) in [5.41, 5.74) is -1.22. The van der Waals surface area contributed by atoms with Gasteiger partial charge in [0.15, 0.2) is 0 Å². The molecule has 70 valence electrons. The molecule has 0 spiro atoms. The van der Waals surface area contributed by atoms with Gasteiger partial charge in [-0.15, -0.1) is 0 Å². The Hall–Kier alpha value is -0.930. The molecule has 0 aliphatic carbocycles. The van der Waals surface area contributed by atoms with Crippen molar-refractivity contribution in [2.45, 2.75) is 5.56 Å². The van der Waals surface area contributed by atoms with Crippen LogP contribution < -0.4 is 4.74 Å². The van der Waals surface area contributed by atoms with Gasteiger partial charge in [-0.3, -0.25) is 0 Å². The van der Waals surface area contributed by atoms with Gasteiger partial charge in [0, 0.05) is 0 Å². The number of rotatable bonds is 3. The largest absolute Gasteiger partial charge is 0.463 e. The van der Waals surface area contributed by atoms with Gasteiger partial charge in [0.25, 0.3) is 5.56 Å². The Morgan fingerprint density at radius 3 is 2.46 bits per heavy atom. The number of alkyl halides is 1. The Labute approximate surface area is 85.3 Å². The van der Waals surface area contributed by atoms with Gasteiger partial charge in [0.2, 0.25) is 0 Å². The summed E-state index contributed by atoms with van der Waals surface area (Å²) in [6.07, 6.45) is 0. The van der Waals surface area contributed by atoms with Crippen LogP contribution in [0.2, 0.25) is 0 Å². The number of hydrogen-bond acceptors (Lipinski definition) is 3. The minimum Gasteiger partial charge on any atom is -0.463 e. The fraction of sp³-hybridized carbons (Fsp3) is 0.125. The van der Waals surface area contributed by atoms with Gasteiger partial charge >= 0.3 is 5.97 Å². The summed E-state index contributed by atoms with van der Waals surface area (Å²) in [5.74, 6) is -0.364. The molecule has 1 aromatic carbocycles. The first kappa shape index (κ1) is 10.2. The Morgan fingerprint density at radius 1 is 1.31 bits per heavy atom. The molecule has 0 saturated carbocycles. The maximum atomic E-state index is 10.7. The highest BCUT2D eigenvalue weighted by atomic mass is 35.5. The van der Waals surface area contributed by atoms with Crippen molar-refractivity contribution in [1.29, 1.82) is 0 Å². The number of carbonyl (C=O) groups excluding carboxylic acids is 1. The predicted molar refractivity (Wildman–Crippen MR) is 48.7 cm³/mol.